The first-order chi connectivity index (χ1) is 10.3. The van der Waals surface area contributed by atoms with E-state index in [9.17, 15) is 0 Å². The summed E-state index contributed by atoms with van der Waals surface area (Å²) in [4.78, 5) is 9.62. The molecule has 1 aromatic heterocycles. The van der Waals surface area contributed by atoms with Crippen molar-refractivity contribution in [3.05, 3.63) is 59.2 Å². The summed E-state index contributed by atoms with van der Waals surface area (Å²) in [6, 6.07) is 13.5. The Labute approximate surface area is 125 Å². The second-order valence-corrected chi connectivity index (χ2v) is 6.43. The van der Waals surface area contributed by atoms with Gasteiger partial charge in [-0.1, -0.05) is 30.3 Å². The maximum Gasteiger partial charge on any atom is 0.139 e. The number of hydrogen-bond acceptors (Lipinski definition) is 3. The molecule has 2 fully saturated rings. The first-order valence-corrected chi connectivity index (χ1v) is 7.90. The first kappa shape index (κ1) is 13.0. The molecule has 1 heterocycles. The zero-order chi connectivity index (χ0) is 14.3. The van der Waals surface area contributed by atoms with Gasteiger partial charge < -0.3 is 5.32 Å². The minimum atomic E-state index is 0.0710. The van der Waals surface area contributed by atoms with Gasteiger partial charge in [-0.2, -0.15) is 0 Å². The van der Waals surface area contributed by atoms with Crippen LogP contribution in [0.25, 0.3) is 0 Å². The molecule has 1 aromatic carbocycles. The minimum Gasteiger partial charge on any atom is -0.308 e. The number of rotatable bonds is 5. The van der Waals surface area contributed by atoms with Gasteiger partial charge in [0.1, 0.15) is 5.82 Å². The summed E-state index contributed by atoms with van der Waals surface area (Å²) in [5.41, 5.74) is 3.64. The lowest BCUT2D eigenvalue weighted by Crippen LogP contribution is -2.20. The monoisotopic (exact) mass is 279 g/mol. The van der Waals surface area contributed by atoms with Crippen LogP contribution in [-0.2, 0) is 12.0 Å². The Hall–Kier alpha value is -1.74. The van der Waals surface area contributed by atoms with E-state index in [2.05, 4.69) is 48.6 Å². The van der Waals surface area contributed by atoms with Crippen LogP contribution >= 0.6 is 0 Å². The van der Waals surface area contributed by atoms with Gasteiger partial charge in [-0.3, -0.25) is 0 Å². The van der Waals surface area contributed by atoms with E-state index < -0.39 is 0 Å². The number of aryl methyl sites for hydroxylation is 1. The average Bonchev–Trinajstić information content (AvgIpc) is 3.39. The van der Waals surface area contributed by atoms with Crippen molar-refractivity contribution in [1.82, 2.24) is 15.3 Å². The van der Waals surface area contributed by atoms with Crippen LogP contribution in [0, 0.1) is 6.92 Å². The quantitative estimate of drug-likeness (QED) is 0.914. The summed E-state index contributed by atoms with van der Waals surface area (Å²) in [7, 11) is 0. The second-order valence-electron chi connectivity index (χ2n) is 6.43. The number of aromatic nitrogens is 2. The van der Waals surface area contributed by atoms with E-state index in [4.69, 9.17) is 9.97 Å². The van der Waals surface area contributed by atoms with E-state index in [-0.39, 0.29) is 5.41 Å². The highest BCUT2D eigenvalue weighted by atomic mass is 15.0. The summed E-state index contributed by atoms with van der Waals surface area (Å²) < 4.78 is 0. The van der Waals surface area contributed by atoms with Gasteiger partial charge in [0.05, 0.1) is 11.1 Å². The Morgan fingerprint density at radius 2 is 1.90 bits per heavy atom. The molecular formula is C18H21N3. The molecule has 0 unspecified atom stereocenters. The predicted molar refractivity (Wildman–Crippen MR) is 83.1 cm³/mol. The zero-order valence-electron chi connectivity index (χ0n) is 12.5. The lowest BCUT2D eigenvalue weighted by molar-refractivity contribution is 0.654. The molecule has 2 aliphatic carbocycles. The highest BCUT2D eigenvalue weighted by Crippen LogP contribution is 2.52. The Balaban J connectivity index is 1.64. The van der Waals surface area contributed by atoms with Crippen molar-refractivity contribution in [3.8, 4) is 0 Å². The fraction of sp³-hybridized carbons (Fsp3) is 0.444. The highest BCUT2D eigenvalue weighted by Gasteiger charge is 2.48. The van der Waals surface area contributed by atoms with Gasteiger partial charge in [-0.25, -0.2) is 9.97 Å². The standard InChI is InChI=1S/C18H21N3/c1-13-11-16(12-19-15-7-8-15)21-17(20-13)18(9-10-18)14-5-3-2-4-6-14/h2-6,11,15,19H,7-10,12H2,1H3. The molecule has 0 spiro atoms. The van der Waals surface area contributed by atoms with E-state index in [1.54, 1.807) is 0 Å². The second kappa shape index (κ2) is 4.92. The highest BCUT2D eigenvalue weighted by molar-refractivity contribution is 5.39. The lowest BCUT2D eigenvalue weighted by Gasteiger charge is -2.16. The number of nitrogens with zero attached hydrogens (tertiary/aromatic N) is 2. The van der Waals surface area contributed by atoms with Crippen molar-refractivity contribution in [1.29, 1.82) is 0 Å². The molecule has 0 atom stereocenters. The summed E-state index contributed by atoms with van der Waals surface area (Å²) in [6.45, 7) is 2.94. The van der Waals surface area contributed by atoms with Gasteiger partial charge in [-0.05, 0) is 44.2 Å². The van der Waals surface area contributed by atoms with Crippen LogP contribution in [0.15, 0.2) is 36.4 Å². The van der Waals surface area contributed by atoms with Crippen molar-refractivity contribution in [2.45, 2.75) is 50.6 Å². The fourth-order valence-corrected chi connectivity index (χ4v) is 3.00. The Kier molecular flexibility index (Phi) is 3.03. The maximum absolute atomic E-state index is 4.87. The van der Waals surface area contributed by atoms with E-state index in [1.165, 1.54) is 18.4 Å². The summed E-state index contributed by atoms with van der Waals surface area (Å²) in [5, 5.41) is 3.55. The fourth-order valence-electron chi connectivity index (χ4n) is 3.00. The molecular weight excluding hydrogens is 258 g/mol. The third-order valence-corrected chi connectivity index (χ3v) is 4.56. The molecule has 3 nitrogen and oxygen atoms in total. The largest absolute Gasteiger partial charge is 0.308 e. The van der Waals surface area contributed by atoms with Crippen molar-refractivity contribution < 1.29 is 0 Å². The molecule has 2 saturated carbocycles. The number of benzene rings is 1. The van der Waals surface area contributed by atoms with E-state index in [0.717, 1.165) is 36.6 Å². The minimum absolute atomic E-state index is 0.0710. The molecule has 108 valence electrons. The van der Waals surface area contributed by atoms with Gasteiger partial charge in [0.25, 0.3) is 0 Å². The van der Waals surface area contributed by atoms with Gasteiger partial charge >= 0.3 is 0 Å². The van der Waals surface area contributed by atoms with Gasteiger partial charge in [0.2, 0.25) is 0 Å². The molecule has 0 aliphatic heterocycles. The number of nitrogens with one attached hydrogen (secondary N) is 1. The predicted octanol–water partition coefficient (Wildman–Crippen LogP) is 3.12. The normalized spacial score (nSPS) is 19.5. The zero-order valence-corrected chi connectivity index (χ0v) is 12.5. The van der Waals surface area contributed by atoms with Crippen LogP contribution in [0.1, 0.15) is 48.5 Å². The van der Waals surface area contributed by atoms with Crippen LogP contribution in [0.2, 0.25) is 0 Å². The molecule has 1 N–H and O–H groups in total. The first-order valence-electron chi connectivity index (χ1n) is 7.90. The van der Waals surface area contributed by atoms with Crippen LogP contribution in [0.4, 0.5) is 0 Å². The van der Waals surface area contributed by atoms with E-state index in [0.29, 0.717) is 6.04 Å². The Bertz CT molecular complexity index is 643. The molecule has 0 amide bonds. The third kappa shape index (κ3) is 2.58. The van der Waals surface area contributed by atoms with Gasteiger partial charge in [-0.15, -0.1) is 0 Å². The Morgan fingerprint density at radius 1 is 1.14 bits per heavy atom. The van der Waals surface area contributed by atoms with Crippen molar-refractivity contribution in [3.63, 3.8) is 0 Å². The van der Waals surface area contributed by atoms with Gasteiger partial charge in [0, 0.05) is 18.3 Å². The summed E-state index contributed by atoms with van der Waals surface area (Å²) >= 11 is 0. The maximum atomic E-state index is 4.87. The molecule has 0 bridgehead atoms. The van der Waals surface area contributed by atoms with Crippen molar-refractivity contribution >= 4 is 0 Å². The summed E-state index contributed by atoms with van der Waals surface area (Å²) in [6.07, 6.45) is 4.95. The molecule has 0 saturated heterocycles. The van der Waals surface area contributed by atoms with E-state index >= 15 is 0 Å². The smallest absolute Gasteiger partial charge is 0.139 e. The molecule has 2 aliphatic rings. The van der Waals surface area contributed by atoms with Crippen LogP contribution in [0.5, 0.6) is 0 Å². The molecule has 3 heteroatoms. The van der Waals surface area contributed by atoms with E-state index in [1.807, 2.05) is 0 Å². The molecule has 2 aromatic rings. The molecule has 4 rings (SSSR count). The number of hydrogen-bond donors (Lipinski definition) is 1. The Morgan fingerprint density at radius 3 is 2.57 bits per heavy atom. The lowest BCUT2D eigenvalue weighted by atomic mass is 9.95. The van der Waals surface area contributed by atoms with Crippen LogP contribution < -0.4 is 5.32 Å². The third-order valence-electron chi connectivity index (χ3n) is 4.56. The van der Waals surface area contributed by atoms with Crippen LogP contribution in [-0.4, -0.2) is 16.0 Å². The molecule has 0 radical (unpaired) electrons. The molecule has 21 heavy (non-hydrogen) atoms. The summed E-state index contributed by atoms with van der Waals surface area (Å²) in [5.74, 6) is 1.02. The van der Waals surface area contributed by atoms with Crippen LogP contribution in [0.3, 0.4) is 0 Å². The van der Waals surface area contributed by atoms with Gasteiger partial charge in [0.15, 0.2) is 0 Å². The van der Waals surface area contributed by atoms with Crippen molar-refractivity contribution in [2.24, 2.45) is 0 Å². The van der Waals surface area contributed by atoms with Crippen molar-refractivity contribution in [2.75, 3.05) is 0 Å². The SMILES string of the molecule is Cc1cc(CNC2CC2)nc(C2(c3ccccc3)CC2)n1. The topological polar surface area (TPSA) is 37.8 Å². The average molecular weight is 279 g/mol.